The van der Waals surface area contributed by atoms with Crippen LogP contribution in [-0.2, 0) is 0 Å². The Kier molecular flexibility index (Phi) is 2.41. The number of nitrogens with two attached hydrogens (primary N) is 1. The summed E-state index contributed by atoms with van der Waals surface area (Å²) in [6.45, 7) is 8.35. The van der Waals surface area contributed by atoms with Crippen LogP contribution in [0.3, 0.4) is 0 Å². The van der Waals surface area contributed by atoms with Crippen LogP contribution in [0.2, 0.25) is 0 Å². The van der Waals surface area contributed by atoms with Crippen molar-refractivity contribution in [3.8, 4) is 0 Å². The first-order valence-corrected chi connectivity index (χ1v) is 3.57. The van der Waals surface area contributed by atoms with Crippen LogP contribution in [0.5, 0.6) is 0 Å². The normalized spacial score (nSPS) is 12.2. The van der Waals surface area contributed by atoms with Gasteiger partial charge < -0.3 is 5.73 Å². The summed E-state index contributed by atoms with van der Waals surface area (Å²) in [5.74, 6) is -0.404. The molecule has 1 atom stereocenters. The predicted octanol–water partition coefficient (Wildman–Crippen LogP) is 2.40. The molecule has 0 saturated heterocycles. The second-order valence-electron chi connectivity index (χ2n) is 2.61. The minimum absolute atomic E-state index is 0.303. The van der Waals surface area contributed by atoms with Crippen molar-refractivity contribution < 1.29 is 4.39 Å². The highest BCUT2D eigenvalue weighted by atomic mass is 19.1. The molecule has 0 amide bonds. The van der Waals surface area contributed by atoms with Crippen LogP contribution >= 0.6 is 0 Å². The van der Waals surface area contributed by atoms with E-state index in [0.717, 1.165) is 0 Å². The van der Waals surface area contributed by atoms with E-state index in [-0.39, 0.29) is 6.04 Å². The smallest absolute Gasteiger partial charge is 0.190 e. The molecule has 0 fully saturated rings. The predicted molar refractivity (Wildman–Crippen MR) is 45.3 cm³/mol. The lowest BCUT2D eigenvalue weighted by Crippen LogP contribution is -2.06. The molecule has 0 bridgehead atoms. The summed E-state index contributed by atoms with van der Waals surface area (Å²) in [7, 11) is 0. The number of nitrogens with zero attached hydrogens (tertiary/aromatic N) is 1. The van der Waals surface area contributed by atoms with Crippen LogP contribution in [0.1, 0.15) is 18.5 Å². The zero-order valence-corrected chi connectivity index (χ0v) is 6.71. The largest absolute Gasteiger partial charge is 0.324 e. The van der Waals surface area contributed by atoms with E-state index >= 15 is 0 Å². The lowest BCUT2D eigenvalue weighted by molar-refractivity contribution is 0.594. The Morgan fingerprint density at radius 2 is 2.25 bits per heavy atom. The first-order valence-electron chi connectivity index (χ1n) is 3.57. The molecule has 0 radical (unpaired) electrons. The number of hydrogen-bond acceptors (Lipinski definition) is 1. The maximum Gasteiger partial charge on any atom is 0.190 e. The second kappa shape index (κ2) is 3.33. The molecule has 1 aromatic carbocycles. The van der Waals surface area contributed by atoms with E-state index in [4.69, 9.17) is 12.3 Å². The Bertz CT molecular complexity index is 326. The quantitative estimate of drug-likeness (QED) is 0.634. The van der Waals surface area contributed by atoms with Crippen LogP contribution in [0.15, 0.2) is 18.2 Å². The molecule has 2 N–H and O–H groups in total. The molecular formula is C9H9FN2. The van der Waals surface area contributed by atoms with Gasteiger partial charge in [-0.25, -0.2) is 9.24 Å². The number of halogens is 1. The molecule has 0 saturated carbocycles. The molecule has 0 aromatic heterocycles. The molecule has 2 nitrogen and oxygen atoms in total. The summed E-state index contributed by atoms with van der Waals surface area (Å²) in [4.78, 5) is 3.10. The summed E-state index contributed by atoms with van der Waals surface area (Å²) in [6, 6.07) is 3.98. The van der Waals surface area contributed by atoms with Crippen molar-refractivity contribution in [2.45, 2.75) is 13.0 Å². The van der Waals surface area contributed by atoms with Crippen molar-refractivity contribution in [3.63, 3.8) is 0 Å². The van der Waals surface area contributed by atoms with Crippen molar-refractivity contribution >= 4 is 5.69 Å². The van der Waals surface area contributed by atoms with Crippen LogP contribution < -0.4 is 5.73 Å². The summed E-state index contributed by atoms with van der Waals surface area (Å²) in [5, 5.41) is 0. The highest BCUT2D eigenvalue weighted by Gasteiger charge is 2.06. The maximum absolute atomic E-state index is 13.1. The zero-order valence-electron chi connectivity index (χ0n) is 6.71. The van der Waals surface area contributed by atoms with Crippen LogP contribution in [0, 0.1) is 12.4 Å². The third-order valence-corrected chi connectivity index (χ3v) is 1.60. The molecule has 0 aliphatic rings. The second-order valence-corrected chi connectivity index (χ2v) is 2.61. The molecule has 0 aliphatic carbocycles. The minimum Gasteiger partial charge on any atom is -0.324 e. The van der Waals surface area contributed by atoms with E-state index < -0.39 is 5.82 Å². The lowest BCUT2D eigenvalue weighted by Gasteiger charge is -2.06. The van der Waals surface area contributed by atoms with E-state index in [9.17, 15) is 4.39 Å². The van der Waals surface area contributed by atoms with Crippen LogP contribution in [0.25, 0.3) is 4.85 Å². The van der Waals surface area contributed by atoms with Crippen molar-refractivity contribution in [3.05, 3.63) is 41.0 Å². The van der Waals surface area contributed by atoms with E-state index in [2.05, 4.69) is 4.85 Å². The van der Waals surface area contributed by atoms with Gasteiger partial charge in [-0.2, -0.15) is 0 Å². The molecule has 0 aliphatic heterocycles. The van der Waals surface area contributed by atoms with Gasteiger partial charge in [0.2, 0.25) is 0 Å². The molecule has 62 valence electrons. The average Bonchev–Trinajstić information content (AvgIpc) is 2.03. The van der Waals surface area contributed by atoms with E-state index in [1.54, 1.807) is 19.1 Å². The Morgan fingerprint density at radius 1 is 1.58 bits per heavy atom. The maximum atomic E-state index is 13.1. The summed E-state index contributed by atoms with van der Waals surface area (Å²) in [6.07, 6.45) is 0. The fourth-order valence-corrected chi connectivity index (χ4v) is 0.955. The van der Waals surface area contributed by atoms with Gasteiger partial charge in [-0.3, -0.25) is 0 Å². The number of hydrogen-bond donors (Lipinski definition) is 1. The van der Waals surface area contributed by atoms with Crippen molar-refractivity contribution in [1.29, 1.82) is 0 Å². The van der Waals surface area contributed by atoms with Gasteiger partial charge in [-0.05, 0) is 13.0 Å². The van der Waals surface area contributed by atoms with Gasteiger partial charge in [-0.15, -0.1) is 0 Å². The van der Waals surface area contributed by atoms with E-state index in [0.29, 0.717) is 11.3 Å². The Morgan fingerprint density at radius 3 is 2.67 bits per heavy atom. The van der Waals surface area contributed by atoms with E-state index in [1.807, 2.05) is 0 Å². The zero-order chi connectivity index (χ0) is 9.14. The molecule has 3 heteroatoms. The number of benzene rings is 1. The molecule has 0 unspecified atom stereocenters. The van der Waals surface area contributed by atoms with Crippen molar-refractivity contribution in [2.24, 2.45) is 5.73 Å². The topological polar surface area (TPSA) is 30.4 Å². The van der Waals surface area contributed by atoms with Gasteiger partial charge in [0.15, 0.2) is 5.69 Å². The third-order valence-electron chi connectivity index (χ3n) is 1.60. The van der Waals surface area contributed by atoms with Gasteiger partial charge in [0.25, 0.3) is 0 Å². The minimum atomic E-state index is -0.404. The third kappa shape index (κ3) is 1.60. The SMILES string of the molecule is [C-]#[N+]c1ccc([C@@H](C)N)c(F)c1. The standard InChI is InChI=1S/C9H9FN2/c1-6(11)8-4-3-7(12-2)5-9(8)10/h3-6H,11H2,1H3/t6-/m1/s1. The molecule has 0 heterocycles. The molecule has 1 rings (SSSR count). The van der Waals surface area contributed by atoms with Crippen molar-refractivity contribution in [2.75, 3.05) is 0 Å². The molecule has 1 aromatic rings. The summed E-state index contributed by atoms with van der Waals surface area (Å²) < 4.78 is 13.1. The first kappa shape index (κ1) is 8.69. The van der Waals surface area contributed by atoms with Gasteiger partial charge in [-0.1, -0.05) is 12.1 Å². The first-order chi connectivity index (χ1) is 5.65. The van der Waals surface area contributed by atoms with Gasteiger partial charge in [0.1, 0.15) is 5.82 Å². The Labute approximate surface area is 70.6 Å². The molecule has 12 heavy (non-hydrogen) atoms. The fourth-order valence-electron chi connectivity index (χ4n) is 0.955. The average molecular weight is 164 g/mol. The van der Waals surface area contributed by atoms with Gasteiger partial charge >= 0.3 is 0 Å². The Balaban J connectivity index is 3.14. The monoisotopic (exact) mass is 164 g/mol. The lowest BCUT2D eigenvalue weighted by atomic mass is 10.1. The Hall–Kier alpha value is -1.40. The van der Waals surface area contributed by atoms with Crippen LogP contribution in [-0.4, -0.2) is 0 Å². The summed E-state index contributed by atoms with van der Waals surface area (Å²) in [5.41, 5.74) is 6.24. The van der Waals surface area contributed by atoms with Gasteiger partial charge in [0, 0.05) is 11.6 Å². The molecule has 0 spiro atoms. The van der Waals surface area contributed by atoms with Crippen LogP contribution in [0.4, 0.5) is 10.1 Å². The van der Waals surface area contributed by atoms with E-state index in [1.165, 1.54) is 6.07 Å². The van der Waals surface area contributed by atoms with Gasteiger partial charge in [0.05, 0.1) is 6.57 Å². The van der Waals surface area contributed by atoms with Crippen molar-refractivity contribution in [1.82, 2.24) is 0 Å². The highest BCUT2D eigenvalue weighted by Crippen LogP contribution is 2.20. The highest BCUT2D eigenvalue weighted by molar-refractivity contribution is 5.46. The molecular weight excluding hydrogens is 155 g/mol. The fraction of sp³-hybridized carbons (Fsp3) is 0.222. The number of rotatable bonds is 1. The summed E-state index contributed by atoms with van der Waals surface area (Å²) >= 11 is 0.